The lowest BCUT2D eigenvalue weighted by atomic mass is 10.2. The van der Waals surface area contributed by atoms with Crippen LogP contribution in [-0.2, 0) is 18.3 Å². The zero-order valence-corrected chi connectivity index (χ0v) is 8.85. The Kier molecular flexibility index (Phi) is 2.73. The fraction of sp³-hybridized carbons (Fsp3) is 0.600. The molecule has 0 amide bonds. The van der Waals surface area contributed by atoms with Gasteiger partial charge in [0.1, 0.15) is 6.10 Å². The van der Waals surface area contributed by atoms with Crippen LogP contribution in [0.1, 0.15) is 24.8 Å². The first kappa shape index (κ1) is 10.2. The normalized spacial score (nSPS) is 20.7. The van der Waals surface area contributed by atoms with Gasteiger partial charge >= 0.3 is 5.69 Å². The molecule has 1 aromatic heterocycles. The molecule has 5 nitrogen and oxygen atoms in total. The highest BCUT2D eigenvalue weighted by Gasteiger charge is 2.24. The molecule has 2 heterocycles. The highest BCUT2D eigenvalue weighted by atomic mass is 16.5. The maximum absolute atomic E-state index is 11.7. The van der Waals surface area contributed by atoms with Crippen molar-refractivity contribution in [3.63, 3.8) is 0 Å². The molecule has 0 aliphatic carbocycles. The van der Waals surface area contributed by atoms with Crippen molar-refractivity contribution in [1.29, 1.82) is 0 Å². The van der Waals surface area contributed by atoms with Gasteiger partial charge in [0.15, 0.2) is 5.82 Å². The Bertz CT molecular complexity index is 413. The van der Waals surface area contributed by atoms with E-state index in [9.17, 15) is 4.79 Å². The van der Waals surface area contributed by atoms with Gasteiger partial charge in [0.05, 0.1) is 6.54 Å². The van der Waals surface area contributed by atoms with E-state index in [0.29, 0.717) is 6.54 Å². The Morgan fingerprint density at radius 3 is 3.13 bits per heavy atom. The minimum atomic E-state index is -0.111. The minimum absolute atomic E-state index is 0.0197. The van der Waals surface area contributed by atoms with Crippen LogP contribution in [0.25, 0.3) is 0 Å². The number of rotatable bonds is 3. The first-order valence-electron chi connectivity index (χ1n) is 5.10. The second kappa shape index (κ2) is 4.02. The number of hydrogen-bond acceptors (Lipinski definition) is 3. The van der Waals surface area contributed by atoms with Crippen molar-refractivity contribution in [1.82, 2.24) is 14.3 Å². The van der Waals surface area contributed by atoms with Crippen molar-refractivity contribution in [2.45, 2.75) is 25.5 Å². The first-order chi connectivity index (χ1) is 7.24. The van der Waals surface area contributed by atoms with Crippen LogP contribution in [0.5, 0.6) is 0 Å². The van der Waals surface area contributed by atoms with Gasteiger partial charge < -0.3 is 4.74 Å². The third kappa shape index (κ3) is 1.74. The van der Waals surface area contributed by atoms with E-state index in [2.05, 4.69) is 11.7 Å². The van der Waals surface area contributed by atoms with Gasteiger partial charge in [-0.15, -0.1) is 6.58 Å². The summed E-state index contributed by atoms with van der Waals surface area (Å²) in [6, 6.07) is 0. The molecule has 1 aliphatic heterocycles. The summed E-state index contributed by atoms with van der Waals surface area (Å²) in [7, 11) is 1.73. The van der Waals surface area contributed by atoms with Gasteiger partial charge in [-0.05, 0) is 12.8 Å². The summed E-state index contributed by atoms with van der Waals surface area (Å²) in [6.45, 7) is 4.79. The van der Waals surface area contributed by atoms with Gasteiger partial charge in [-0.3, -0.25) is 4.57 Å². The van der Waals surface area contributed by atoms with Crippen LogP contribution in [-0.4, -0.2) is 21.0 Å². The average Bonchev–Trinajstić information content (AvgIpc) is 2.82. The topological polar surface area (TPSA) is 49.0 Å². The Morgan fingerprint density at radius 2 is 2.53 bits per heavy atom. The molecule has 82 valence electrons. The molecule has 1 fully saturated rings. The van der Waals surface area contributed by atoms with Crippen molar-refractivity contribution in [2.24, 2.45) is 7.05 Å². The Balaban J connectivity index is 2.35. The van der Waals surface area contributed by atoms with Crippen molar-refractivity contribution in [3.05, 3.63) is 29.0 Å². The van der Waals surface area contributed by atoms with Crippen molar-refractivity contribution in [3.8, 4) is 0 Å². The Morgan fingerprint density at radius 1 is 1.73 bits per heavy atom. The third-order valence-electron chi connectivity index (χ3n) is 2.59. The van der Waals surface area contributed by atoms with E-state index in [1.807, 2.05) is 0 Å². The zero-order valence-electron chi connectivity index (χ0n) is 8.85. The molecule has 0 bridgehead atoms. The summed E-state index contributed by atoms with van der Waals surface area (Å²) in [4.78, 5) is 11.7. The average molecular weight is 209 g/mol. The summed E-state index contributed by atoms with van der Waals surface area (Å²) in [5.41, 5.74) is -0.111. The van der Waals surface area contributed by atoms with Crippen molar-refractivity contribution >= 4 is 0 Å². The molecule has 1 aliphatic rings. The molecule has 0 unspecified atom stereocenters. The smallest absolute Gasteiger partial charge is 0.346 e. The fourth-order valence-electron chi connectivity index (χ4n) is 1.81. The monoisotopic (exact) mass is 209 g/mol. The van der Waals surface area contributed by atoms with Gasteiger partial charge in [0, 0.05) is 13.7 Å². The fourth-order valence-corrected chi connectivity index (χ4v) is 1.81. The summed E-state index contributed by atoms with van der Waals surface area (Å²) >= 11 is 0. The largest absolute Gasteiger partial charge is 0.370 e. The molecule has 1 aromatic rings. The second-order valence-corrected chi connectivity index (χ2v) is 3.67. The van der Waals surface area contributed by atoms with E-state index in [1.165, 1.54) is 4.68 Å². The van der Waals surface area contributed by atoms with E-state index in [0.717, 1.165) is 25.3 Å². The maximum atomic E-state index is 11.7. The lowest BCUT2D eigenvalue weighted by molar-refractivity contribution is 0.102. The third-order valence-corrected chi connectivity index (χ3v) is 2.59. The quantitative estimate of drug-likeness (QED) is 0.686. The summed E-state index contributed by atoms with van der Waals surface area (Å²) in [5, 5.41) is 4.25. The van der Waals surface area contributed by atoms with Gasteiger partial charge in [-0.1, -0.05) is 6.08 Å². The SMILES string of the molecule is C=CCn1nc([C@@H]2CCCO2)n(C)c1=O. The molecular weight excluding hydrogens is 194 g/mol. The molecule has 1 saturated heterocycles. The molecular formula is C10H15N3O2. The summed E-state index contributed by atoms with van der Waals surface area (Å²) in [6.07, 6.45) is 3.62. The Labute approximate surface area is 88.0 Å². The molecule has 0 aromatic carbocycles. The van der Waals surface area contributed by atoms with Crippen LogP contribution in [0.3, 0.4) is 0 Å². The molecule has 5 heteroatoms. The molecule has 0 spiro atoms. The first-order valence-corrected chi connectivity index (χ1v) is 5.10. The van der Waals surface area contributed by atoms with E-state index in [-0.39, 0.29) is 11.8 Å². The van der Waals surface area contributed by atoms with Crippen LogP contribution in [0.4, 0.5) is 0 Å². The van der Waals surface area contributed by atoms with Crippen LogP contribution in [0.15, 0.2) is 17.4 Å². The van der Waals surface area contributed by atoms with E-state index in [4.69, 9.17) is 4.74 Å². The van der Waals surface area contributed by atoms with E-state index < -0.39 is 0 Å². The van der Waals surface area contributed by atoms with Crippen LogP contribution in [0, 0.1) is 0 Å². The molecule has 0 saturated carbocycles. The molecule has 15 heavy (non-hydrogen) atoms. The van der Waals surface area contributed by atoms with Crippen molar-refractivity contribution in [2.75, 3.05) is 6.61 Å². The number of ether oxygens (including phenoxy) is 1. The lowest BCUT2D eigenvalue weighted by Crippen LogP contribution is -2.23. The number of allylic oxidation sites excluding steroid dienone is 1. The predicted octanol–water partition coefficient (Wildman–Crippen LogP) is 0.619. The second-order valence-electron chi connectivity index (χ2n) is 3.67. The highest BCUT2D eigenvalue weighted by Crippen LogP contribution is 2.25. The molecule has 2 rings (SSSR count). The van der Waals surface area contributed by atoms with Gasteiger partial charge in [0.2, 0.25) is 0 Å². The number of aromatic nitrogens is 3. The van der Waals surface area contributed by atoms with Crippen LogP contribution >= 0.6 is 0 Å². The number of nitrogens with zero attached hydrogens (tertiary/aromatic N) is 3. The standard InChI is InChI=1S/C10H15N3O2/c1-3-6-13-10(14)12(2)9(11-13)8-5-4-7-15-8/h3,8H,1,4-7H2,2H3/t8-/m0/s1. The summed E-state index contributed by atoms with van der Waals surface area (Å²) in [5.74, 6) is 0.722. The molecule has 1 atom stereocenters. The van der Waals surface area contributed by atoms with E-state index >= 15 is 0 Å². The predicted molar refractivity (Wildman–Crippen MR) is 55.6 cm³/mol. The summed E-state index contributed by atoms with van der Waals surface area (Å²) < 4.78 is 8.47. The molecule has 0 N–H and O–H groups in total. The highest BCUT2D eigenvalue weighted by molar-refractivity contribution is 4.94. The van der Waals surface area contributed by atoms with Crippen molar-refractivity contribution < 1.29 is 4.74 Å². The van der Waals surface area contributed by atoms with Gasteiger partial charge in [-0.25, -0.2) is 9.48 Å². The lowest BCUT2D eigenvalue weighted by Gasteiger charge is -2.06. The van der Waals surface area contributed by atoms with Crippen LogP contribution < -0.4 is 5.69 Å². The van der Waals surface area contributed by atoms with Gasteiger partial charge in [-0.2, -0.15) is 5.10 Å². The van der Waals surface area contributed by atoms with Crippen LogP contribution in [0.2, 0.25) is 0 Å². The maximum Gasteiger partial charge on any atom is 0.346 e. The number of hydrogen-bond donors (Lipinski definition) is 0. The Hall–Kier alpha value is -1.36. The van der Waals surface area contributed by atoms with E-state index in [1.54, 1.807) is 17.7 Å². The molecule has 0 radical (unpaired) electrons. The van der Waals surface area contributed by atoms with Gasteiger partial charge in [0.25, 0.3) is 0 Å². The zero-order chi connectivity index (χ0) is 10.8. The minimum Gasteiger partial charge on any atom is -0.370 e.